The van der Waals surface area contributed by atoms with Gasteiger partial charge in [0.05, 0.1) is 10.7 Å². The minimum Gasteiger partial charge on any atom is -0.395 e. The minimum absolute atomic E-state index is 0.00207. The molecule has 2 aromatic rings. The monoisotopic (exact) mass is 288 g/mol. The Morgan fingerprint density at radius 3 is 2.44 bits per heavy atom. The van der Waals surface area contributed by atoms with Gasteiger partial charge in [-0.25, -0.2) is 8.78 Å². The molecule has 18 heavy (non-hydrogen) atoms. The molecule has 94 valence electrons. The highest BCUT2D eigenvalue weighted by Gasteiger charge is 2.18. The van der Waals surface area contributed by atoms with Crippen LogP contribution in [0.3, 0.4) is 0 Å². The van der Waals surface area contributed by atoms with Crippen LogP contribution in [0.1, 0.15) is 5.56 Å². The second-order valence-electron chi connectivity index (χ2n) is 3.72. The fraction of sp³-hybridized carbons (Fsp3) is 0.0833. The lowest BCUT2D eigenvalue weighted by Gasteiger charge is -2.09. The second-order valence-corrected chi connectivity index (χ2v) is 4.53. The van der Waals surface area contributed by atoms with Crippen LogP contribution in [-0.4, -0.2) is 4.98 Å². The molecule has 0 fully saturated rings. The summed E-state index contributed by atoms with van der Waals surface area (Å²) in [6.45, 7) is 1.50. The van der Waals surface area contributed by atoms with Crippen LogP contribution < -0.4 is 5.73 Å². The van der Waals surface area contributed by atoms with E-state index in [-0.39, 0.29) is 32.6 Å². The maximum absolute atomic E-state index is 14.0. The van der Waals surface area contributed by atoms with E-state index in [0.717, 1.165) is 0 Å². The largest absolute Gasteiger partial charge is 0.395 e. The molecule has 0 aliphatic rings. The number of halogens is 4. The number of anilines is 1. The van der Waals surface area contributed by atoms with Gasteiger partial charge in [-0.05, 0) is 19.1 Å². The molecule has 0 saturated heterocycles. The van der Waals surface area contributed by atoms with Crippen molar-refractivity contribution in [1.82, 2.24) is 4.98 Å². The van der Waals surface area contributed by atoms with Crippen LogP contribution in [0.25, 0.3) is 11.3 Å². The van der Waals surface area contributed by atoms with Crippen molar-refractivity contribution in [3.05, 3.63) is 45.6 Å². The molecule has 1 aromatic heterocycles. The number of pyridine rings is 1. The van der Waals surface area contributed by atoms with Crippen LogP contribution >= 0.6 is 23.2 Å². The highest BCUT2D eigenvalue weighted by Crippen LogP contribution is 2.33. The molecule has 0 unspecified atom stereocenters. The zero-order valence-electron chi connectivity index (χ0n) is 9.27. The predicted octanol–water partition coefficient (Wildman–Crippen LogP) is 4.22. The SMILES string of the molecule is Cc1c(Cl)ccc(-c2ncc(Cl)c(N)c2F)c1F. The number of benzene rings is 1. The average molecular weight is 289 g/mol. The molecular weight excluding hydrogens is 281 g/mol. The third kappa shape index (κ3) is 2.02. The summed E-state index contributed by atoms with van der Waals surface area (Å²) in [5, 5.41) is 0.251. The van der Waals surface area contributed by atoms with Crippen LogP contribution in [0.4, 0.5) is 14.5 Å². The molecule has 2 rings (SSSR count). The molecule has 0 spiro atoms. The predicted molar refractivity (Wildman–Crippen MR) is 68.8 cm³/mol. The summed E-state index contributed by atoms with van der Waals surface area (Å²) in [6, 6.07) is 2.82. The molecular formula is C12H8Cl2F2N2. The molecule has 0 bridgehead atoms. The maximum atomic E-state index is 14.0. The zero-order chi connectivity index (χ0) is 13.4. The van der Waals surface area contributed by atoms with E-state index in [1.165, 1.54) is 25.3 Å². The van der Waals surface area contributed by atoms with Gasteiger partial charge in [-0.2, -0.15) is 0 Å². The Morgan fingerprint density at radius 2 is 1.78 bits per heavy atom. The molecule has 6 heteroatoms. The van der Waals surface area contributed by atoms with E-state index in [4.69, 9.17) is 28.9 Å². The molecule has 0 atom stereocenters. The van der Waals surface area contributed by atoms with Gasteiger partial charge in [0.1, 0.15) is 11.5 Å². The van der Waals surface area contributed by atoms with Crippen molar-refractivity contribution in [3.63, 3.8) is 0 Å². The van der Waals surface area contributed by atoms with Gasteiger partial charge in [0.15, 0.2) is 5.82 Å². The molecule has 0 amide bonds. The van der Waals surface area contributed by atoms with E-state index in [1.54, 1.807) is 0 Å². The number of hydrogen-bond acceptors (Lipinski definition) is 2. The van der Waals surface area contributed by atoms with Gasteiger partial charge < -0.3 is 5.73 Å². The number of hydrogen-bond donors (Lipinski definition) is 1. The lowest BCUT2D eigenvalue weighted by molar-refractivity contribution is 0.609. The van der Waals surface area contributed by atoms with Crippen LogP contribution in [0, 0.1) is 18.6 Å². The third-order valence-electron chi connectivity index (χ3n) is 2.58. The Labute approximate surface area is 112 Å². The number of nitrogen functional groups attached to an aromatic ring is 1. The van der Waals surface area contributed by atoms with Crippen molar-refractivity contribution in [3.8, 4) is 11.3 Å². The number of rotatable bonds is 1. The first-order valence-corrected chi connectivity index (χ1v) is 5.73. The van der Waals surface area contributed by atoms with Crippen molar-refractivity contribution in [2.24, 2.45) is 0 Å². The average Bonchev–Trinajstić information content (AvgIpc) is 2.35. The summed E-state index contributed by atoms with van der Waals surface area (Å²) in [4.78, 5) is 3.77. The summed E-state index contributed by atoms with van der Waals surface area (Å²) in [6.07, 6.45) is 1.18. The first-order valence-electron chi connectivity index (χ1n) is 4.98. The van der Waals surface area contributed by atoms with Crippen molar-refractivity contribution in [2.45, 2.75) is 6.92 Å². The third-order valence-corrected chi connectivity index (χ3v) is 3.29. The normalized spacial score (nSPS) is 10.7. The van der Waals surface area contributed by atoms with Crippen molar-refractivity contribution in [2.75, 3.05) is 5.73 Å². The molecule has 2 N–H and O–H groups in total. The minimum atomic E-state index is -0.844. The number of aromatic nitrogens is 1. The van der Waals surface area contributed by atoms with Crippen molar-refractivity contribution < 1.29 is 8.78 Å². The summed E-state index contributed by atoms with van der Waals surface area (Å²) < 4.78 is 27.9. The first-order chi connectivity index (χ1) is 8.43. The van der Waals surface area contributed by atoms with Gasteiger partial charge in [0, 0.05) is 22.3 Å². The van der Waals surface area contributed by atoms with Gasteiger partial charge in [0.2, 0.25) is 0 Å². The molecule has 0 radical (unpaired) electrons. The topological polar surface area (TPSA) is 38.9 Å². The summed E-state index contributed by atoms with van der Waals surface area (Å²) >= 11 is 11.4. The fourth-order valence-electron chi connectivity index (χ4n) is 1.51. The quantitative estimate of drug-likeness (QED) is 0.853. The summed E-state index contributed by atoms with van der Waals surface area (Å²) in [7, 11) is 0. The number of nitrogens with zero attached hydrogens (tertiary/aromatic N) is 1. The Hall–Kier alpha value is -1.39. The van der Waals surface area contributed by atoms with Crippen LogP contribution in [-0.2, 0) is 0 Å². The molecule has 0 aliphatic heterocycles. The lowest BCUT2D eigenvalue weighted by atomic mass is 10.1. The Bertz CT molecular complexity index is 574. The molecule has 1 heterocycles. The zero-order valence-corrected chi connectivity index (χ0v) is 10.8. The standard InChI is InChI=1S/C12H8Cl2F2N2/c1-5-7(13)3-2-6(9(5)15)12-10(16)11(17)8(14)4-18-12/h2-4H,1H3,(H2,17,18). The lowest BCUT2D eigenvalue weighted by Crippen LogP contribution is -2.00. The highest BCUT2D eigenvalue weighted by molar-refractivity contribution is 6.33. The van der Waals surface area contributed by atoms with Crippen molar-refractivity contribution in [1.29, 1.82) is 0 Å². The smallest absolute Gasteiger partial charge is 0.173 e. The van der Waals surface area contributed by atoms with E-state index in [2.05, 4.69) is 4.98 Å². The van der Waals surface area contributed by atoms with Gasteiger partial charge in [0.25, 0.3) is 0 Å². The second kappa shape index (κ2) is 4.71. The van der Waals surface area contributed by atoms with E-state index in [1.807, 2.05) is 0 Å². The first kappa shape index (κ1) is 13.1. The fourth-order valence-corrected chi connectivity index (χ4v) is 1.79. The molecule has 2 nitrogen and oxygen atoms in total. The highest BCUT2D eigenvalue weighted by atomic mass is 35.5. The van der Waals surface area contributed by atoms with Crippen LogP contribution in [0.5, 0.6) is 0 Å². The van der Waals surface area contributed by atoms with Crippen LogP contribution in [0.15, 0.2) is 18.3 Å². The van der Waals surface area contributed by atoms with E-state index >= 15 is 0 Å². The van der Waals surface area contributed by atoms with Gasteiger partial charge in [-0.1, -0.05) is 23.2 Å². The number of nitrogens with two attached hydrogens (primary N) is 1. The molecule has 1 aromatic carbocycles. The van der Waals surface area contributed by atoms with E-state index in [0.29, 0.717) is 0 Å². The summed E-state index contributed by atoms with van der Waals surface area (Å²) in [5.74, 6) is -1.47. The van der Waals surface area contributed by atoms with Crippen LogP contribution in [0.2, 0.25) is 10.0 Å². The van der Waals surface area contributed by atoms with E-state index < -0.39 is 11.6 Å². The Balaban J connectivity index is 2.71. The van der Waals surface area contributed by atoms with Gasteiger partial charge in [-0.15, -0.1) is 0 Å². The van der Waals surface area contributed by atoms with E-state index in [9.17, 15) is 8.78 Å². The Morgan fingerprint density at radius 1 is 1.11 bits per heavy atom. The summed E-state index contributed by atoms with van der Waals surface area (Å²) in [5.41, 5.74) is 5.22. The molecule has 0 saturated carbocycles. The van der Waals surface area contributed by atoms with Crippen molar-refractivity contribution >= 4 is 28.9 Å². The molecule has 0 aliphatic carbocycles. The van der Waals surface area contributed by atoms with Gasteiger partial charge in [-0.3, -0.25) is 4.98 Å². The Kier molecular flexibility index (Phi) is 3.41. The van der Waals surface area contributed by atoms with Gasteiger partial charge >= 0.3 is 0 Å². The maximum Gasteiger partial charge on any atom is 0.173 e.